The highest BCUT2D eigenvalue weighted by atomic mass is 16.3. The van der Waals surface area contributed by atoms with E-state index in [4.69, 9.17) is 0 Å². The fourth-order valence-corrected chi connectivity index (χ4v) is 4.02. The molecule has 2 aliphatic heterocycles. The van der Waals surface area contributed by atoms with E-state index in [1.54, 1.807) is 0 Å². The molecule has 2 bridgehead atoms. The summed E-state index contributed by atoms with van der Waals surface area (Å²) < 4.78 is 0. The monoisotopic (exact) mass is 245 g/mol. The van der Waals surface area contributed by atoms with Crippen LogP contribution >= 0.6 is 0 Å². The molecule has 1 aromatic carbocycles. The predicted octanol–water partition coefficient (Wildman–Crippen LogP) is 2.55. The Hall–Kier alpha value is -0.860. The quantitative estimate of drug-likeness (QED) is 0.865. The summed E-state index contributed by atoms with van der Waals surface area (Å²) in [4.78, 5) is 2.51. The van der Waals surface area contributed by atoms with E-state index >= 15 is 0 Å². The van der Waals surface area contributed by atoms with E-state index in [-0.39, 0.29) is 0 Å². The van der Waals surface area contributed by atoms with Crippen molar-refractivity contribution >= 4 is 0 Å². The number of hydrogen-bond acceptors (Lipinski definition) is 2. The van der Waals surface area contributed by atoms with Crippen molar-refractivity contribution in [3.63, 3.8) is 0 Å². The van der Waals surface area contributed by atoms with Crippen molar-refractivity contribution in [3.05, 3.63) is 35.4 Å². The lowest BCUT2D eigenvalue weighted by molar-refractivity contribution is 0.0592. The van der Waals surface area contributed by atoms with Crippen molar-refractivity contribution in [3.8, 4) is 0 Å². The van der Waals surface area contributed by atoms with Gasteiger partial charge in [0.25, 0.3) is 0 Å². The topological polar surface area (TPSA) is 23.5 Å². The minimum absolute atomic E-state index is 0.320. The Balaban J connectivity index is 1.89. The van der Waals surface area contributed by atoms with E-state index in [1.807, 2.05) is 0 Å². The Morgan fingerprint density at radius 3 is 2.61 bits per heavy atom. The van der Waals surface area contributed by atoms with Crippen LogP contribution in [0.3, 0.4) is 0 Å². The standard InChI is InChI=1S/C16H23NO/c1-11-3-5-12(6-4-11)14-9-13-7-8-16(17(13)2)15(14)10-18/h3-6,13-16,18H,7-10H2,1-2H3/t13-,14?,15?,16?/m1/s1. The average Bonchev–Trinajstić information content (AvgIpc) is 2.63. The van der Waals surface area contributed by atoms with Gasteiger partial charge in [-0.2, -0.15) is 0 Å². The first-order valence-electron chi connectivity index (χ1n) is 7.10. The summed E-state index contributed by atoms with van der Waals surface area (Å²) in [7, 11) is 2.23. The van der Waals surface area contributed by atoms with Gasteiger partial charge in [0.2, 0.25) is 0 Å². The molecule has 2 nitrogen and oxygen atoms in total. The van der Waals surface area contributed by atoms with Crippen molar-refractivity contribution in [2.24, 2.45) is 5.92 Å². The van der Waals surface area contributed by atoms with E-state index in [2.05, 4.69) is 43.1 Å². The molecule has 4 atom stereocenters. The highest BCUT2D eigenvalue weighted by Gasteiger charge is 2.45. The molecule has 0 saturated carbocycles. The highest BCUT2D eigenvalue weighted by Crippen LogP contribution is 2.45. The van der Waals surface area contributed by atoms with E-state index in [9.17, 15) is 5.11 Å². The lowest BCUT2D eigenvalue weighted by atomic mass is 9.76. The molecule has 2 heteroatoms. The van der Waals surface area contributed by atoms with E-state index < -0.39 is 0 Å². The molecular formula is C16H23NO. The van der Waals surface area contributed by atoms with Gasteiger partial charge in [0.1, 0.15) is 0 Å². The normalized spacial score (nSPS) is 35.9. The van der Waals surface area contributed by atoms with Gasteiger partial charge in [-0.15, -0.1) is 0 Å². The van der Waals surface area contributed by atoms with Crippen LogP contribution in [0.1, 0.15) is 36.3 Å². The van der Waals surface area contributed by atoms with Gasteiger partial charge in [-0.25, -0.2) is 0 Å². The van der Waals surface area contributed by atoms with Crippen molar-refractivity contribution in [2.75, 3.05) is 13.7 Å². The van der Waals surface area contributed by atoms with Gasteiger partial charge < -0.3 is 10.0 Å². The van der Waals surface area contributed by atoms with E-state index in [1.165, 1.54) is 30.4 Å². The summed E-state index contributed by atoms with van der Waals surface area (Å²) in [6.07, 6.45) is 3.77. The second kappa shape index (κ2) is 4.67. The average molecular weight is 245 g/mol. The number of fused-ring (bicyclic) bond motifs is 2. The van der Waals surface area contributed by atoms with E-state index in [0.29, 0.717) is 24.5 Å². The van der Waals surface area contributed by atoms with Crippen LogP contribution in [0.2, 0.25) is 0 Å². The Bertz CT molecular complexity index is 414. The van der Waals surface area contributed by atoms with Crippen LogP contribution in [0.5, 0.6) is 0 Å². The molecule has 98 valence electrons. The van der Waals surface area contributed by atoms with Crippen molar-refractivity contribution in [1.29, 1.82) is 0 Å². The summed E-state index contributed by atoms with van der Waals surface area (Å²) in [6, 6.07) is 10.2. The molecule has 18 heavy (non-hydrogen) atoms. The predicted molar refractivity (Wildman–Crippen MR) is 73.7 cm³/mol. The van der Waals surface area contributed by atoms with E-state index in [0.717, 1.165) is 6.04 Å². The lowest BCUT2D eigenvalue weighted by Gasteiger charge is -2.42. The second-order valence-corrected chi connectivity index (χ2v) is 6.06. The fourth-order valence-electron chi connectivity index (χ4n) is 4.02. The number of hydrogen-bond donors (Lipinski definition) is 1. The smallest absolute Gasteiger partial charge is 0.0480 e. The maximum atomic E-state index is 9.79. The fraction of sp³-hybridized carbons (Fsp3) is 0.625. The number of benzene rings is 1. The first-order valence-corrected chi connectivity index (χ1v) is 7.10. The van der Waals surface area contributed by atoms with Crippen LogP contribution in [0.25, 0.3) is 0 Å². The molecule has 2 saturated heterocycles. The minimum atomic E-state index is 0.320. The third-order valence-electron chi connectivity index (χ3n) is 5.15. The molecule has 3 rings (SSSR count). The van der Waals surface area contributed by atoms with Crippen LogP contribution in [0.15, 0.2) is 24.3 Å². The minimum Gasteiger partial charge on any atom is -0.396 e. The van der Waals surface area contributed by atoms with Gasteiger partial charge in [0.05, 0.1) is 0 Å². The molecule has 2 fully saturated rings. The third-order valence-corrected chi connectivity index (χ3v) is 5.15. The molecule has 2 aliphatic rings. The Labute approximate surface area is 110 Å². The summed E-state index contributed by atoms with van der Waals surface area (Å²) in [6.45, 7) is 2.45. The molecule has 1 aromatic rings. The van der Waals surface area contributed by atoms with Crippen molar-refractivity contribution in [2.45, 2.75) is 44.2 Å². The molecule has 3 unspecified atom stereocenters. The van der Waals surface area contributed by atoms with Crippen LogP contribution in [-0.2, 0) is 0 Å². The first-order chi connectivity index (χ1) is 8.70. The highest BCUT2D eigenvalue weighted by molar-refractivity contribution is 5.27. The number of aryl methyl sites for hydroxylation is 1. The van der Waals surface area contributed by atoms with Crippen LogP contribution in [0, 0.1) is 12.8 Å². The molecule has 0 aromatic heterocycles. The zero-order chi connectivity index (χ0) is 12.7. The Kier molecular flexibility index (Phi) is 3.16. The lowest BCUT2D eigenvalue weighted by Crippen LogP contribution is -2.47. The Morgan fingerprint density at radius 1 is 1.22 bits per heavy atom. The number of aliphatic hydroxyl groups is 1. The number of piperidine rings is 1. The van der Waals surface area contributed by atoms with Gasteiger partial charge in [0, 0.05) is 24.6 Å². The molecule has 2 heterocycles. The first kappa shape index (κ1) is 12.2. The largest absolute Gasteiger partial charge is 0.396 e. The van der Waals surface area contributed by atoms with Gasteiger partial charge in [-0.05, 0) is 44.7 Å². The SMILES string of the molecule is Cc1ccc(C2C[C@H]3CCC(C2CO)N3C)cc1. The maximum absolute atomic E-state index is 9.79. The summed E-state index contributed by atoms with van der Waals surface area (Å²) in [5, 5.41) is 9.79. The summed E-state index contributed by atoms with van der Waals surface area (Å²) >= 11 is 0. The molecule has 0 radical (unpaired) electrons. The second-order valence-electron chi connectivity index (χ2n) is 6.06. The van der Waals surface area contributed by atoms with Gasteiger partial charge in [0.15, 0.2) is 0 Å². The number of rotatable bonds is 2. The third kappa shape index (κ3) is 1.88. The molecule has 0 aliphatic carbocycles. The summed E-state index contributed by atoms with van der Waals surface area (Å²) in [5.74, 6) is 0.959. The van der Waals surface area contributed by atoms with Crippen LogP contribution in [0.4, 0.5) is 0 Å². The molecular weight excluding hydrogens is 222 g/mol. The van der Waals surface area contributed by atoms with Crippen molar-refractivity contribution < 1.29 is 5.11 Å². The summed E-state index contributed by atoms with van der Waals surface area (Å²) in [5.41, 5.74) is 2.74. The van der Waals surface area contributed by atoms with Crippen LogP contribution < -0.4 is 0 Å². The van der Waals surface area contributed by atoms with Gasteiger partial charge in [-0.1, -0.05) is 29.8 Å². The van der Waals surface area contributed by atoms with Gasteiger partial charge in [-0.3, -0.25) is 0 Å². The van der Waals surface area contributed by atoms with Gasteiger partial charge >= 0.3 is 0 Å². The molecule has 0 amide bonds. The van der Waals surface area contributed by atoms with Crippen LogP contribution in [-0.4, -0.2) is 35.7 Å². The molecule has 1 N–H and O–H groups in total. The maximum Gasteiger partial charge on any atom is 0.0480 e. The van der Waals surface area contributed by atoms with Crippen molar-refractivity contribution in [1.82, 2.24) is 4.90 Å². The number of nitrogens with zero attached hydrogens (tertiary/aromatic N) is 1. The zero-order valence-electron chi connectivity index (χ0n) is 11.3. The zero-order valence-corrected chi connectivity index (χ0v) is 11.3. The Morgan fingerprint density at radius 2 is 1.94 bits per heavy atom. The number of aliphatic hydroxyl groups excluding tert-OH is 1. The molecule has 0 spiro atoms.